The van der Waals surface area contributed by atoms with Crippen LogP contribution >= 0.6 is 11.6 Å². The molecule has 0 atom stereocenters. The first kappa shape index (κ1) is 14.7. The van der Waals surface area contributed by atoms with E-state index < -0.39 is 11.6 Å². The molecule has 1 aromatic carbocycles. The molecule has 0 N–H and O–H groups in total. The van der Waals surface area contributed by atoms with Gasteiger partial charge in [0.05, 0.1) is 0 Å². The molecule has 1 amide bonds. The highest BCUT2D eigenvalue weighted by Gasteiger charge is 2.26. The maximum atomic E-state index is 12.3. The van der Waals surface area contributed by atoms with Crippen LogP contribution in [-0.2, 0) is 0 Å². The Bertz CT molecular complexity index is 730. The maximum Gasteiger partial charge on any atom is 0.361 e. The van der Waals surface area contributed by atoms with Gasteiger partial charge >= 0.3 is 11.6 Å². The first-order chi connectivity index (χ1) is 10.6. The Labute approximate surface area is 132 Å². The van der Waals surface area contributed by atoms with Gasteiger partial charge in [0.25, 0.3) is 0 Å². The third-order valence-electron chi connectivity index (χ3n) is 3.75. The van der Waals surface area contributed by atoms with E-state index in [2.05, 4.69) is 4.90 Å². The monoisotopic (exact) mass is 321 g/mol. The third-order valence-corrected chi connectivity index (χ3v) is 4.18. The van der Waals surface area contributed by atoms with Gasteiger partial charge in [0.2, 0.25) is 0 Å². The second-order valence-electron chi connectivity index (χ2n) is 5.15. The van der Waals surface area contributed by atoms with Gasteiger partial charge in [-0.25, -0.2) is 4.79 Å². The summed E-state index contributed by atoms with van der Waals surface area (Å²) in [7, 11) is 0. The lowest BCUT2D eigenvalue weighted by Crippen LogP contribution is -2.51. The standard InChI is InChI=1S/C15H16ClN3O3/c1-11-13(16)14(20)19(22-11)15(21)18-9-7-17(8-10-18)12-5-3-2-4-6-12/h2-6H,7-10H2,1H3. The molecule has 0 aliphatic carbocycles. The van der Waals surface area contributed by atoms with Crippen molar-refractivity contribution in [2.45, 2.75) is 6.92 Å². The van der Waals surface area contributed by atoms with Crippen LogP contribution in [0.2, 0.25) is 5.02 Å². The quantitative estimate of drug-likeness (QED) is 0.808. The number of nitrogens with zero attached hydrogens (tertiary/aromatic N) is 3. The van der Waals surface area contributed by atoms with E-state index in [1.165, 1.54) is 0 Å². The van der Waals surface area contributed by atoms with Crippen LogP contribution in [-0.4, -0.2) is 41.8 Å². The minimum Gasteiger partial charge on any atom is -0.370 e. The van der Waals surface area contributed by atoms with Gasteiger partial charge < -0.3 is 14.3 Å². The molecule has 2 heterocycles. The van der Waals surface area contributed by atoms with Crippen molar-refractivity contribution in [2.24, 2.45) is 0 Å². The minimum absolute atomic E-state index is 0.0451. The number of aryl methyl sites for hydroxylation is 1. The fourth-order valence-corrected chi connectivity index (χ4v) is 2.62. The number of amides is 1. The lowest BCUT2D eigenvalue weighted by molar-refractivity contribution is 0.162. The highest BCUT2D eigenvalue weighted by Crippen LogP contribution is 2.16. The summed E-state index contributed by atoms with van der Waals surface area (Å²) in [4.78, 5) is 28.0. The Hall–Kier alpha value is -2.21. The van der Waals surface area contributed by atoms with Crippen LogP contribution < -0.4 is 10.5 Å². The van der Waals surface area contributed by atoms with E-state index in [1.54, 1.807) is 11.8 Å². The Morgan fingerprint density at radius 3 is 2.32 bits per heavy atom. The van der Waals surface area contributed by atoms with Crippen LogP contribution in [0.15, 0.2) is 39.6 Å². The number of hydrogen-bond donors (Lipinski definition) is 0. The molecule has 6 nitrogen and oxygen atoms in total. The fourth-order valence-electron chi connectivity index (χ4n) is 2.51. The molecule has 22 heavy (non-hydrogen) atoms. The molecule has 3 rings (SSSR count). The van der Waals surface area contributed by atoms with Crippen molar-refractivity contribution >= 4 is 23.3 Å². The van der Waals surface area contributed by atoms with E-state index in [0.29, 0.717) is 26.2 Å². The number of piperazine rings is 1. The van der Waals surface area contributed by atoms with Crippen LogP contribution in [0.1, 0.15) is 5.76 Å². The zero-order valence-corrected chi connectivity index (χ0v) is 12.9. The van der Waals surface area contributed by atoms with Crippen molar-refractivity contribution in [1.29, 1.82) is 0 Å². The average molecular weight is 322 g/mol. The van der Waals surface area contributed by atoms with Crippen molar-refractivity contribution in [3.8, 4) is 0 Å². The fraction of sp³-hybridized carbons (Fsp3) is 0.333. The molecule has 0 spiro atoms. The number of benzene rings is 1. The summed E-state index contributed by atoms with van der Waals surface area (Å²) in [6.07, 6.45) is 0. The highest BCUT2D eigenvalue weighted by molar-refractivity contribution is 6.31. The second kappa shape index (κ2) is 5.88. The van der Waals surface area contributed by atoms with E-state index in [4.69, 9.17) is 16.1 Å². The van der Waals surface area contributed by atoms with Crippen molar-refractivity contribution in [1.82, 2.24) is 9.64 Å². The van der Waals surface area contributed by atoms with E-state index in [1.807, 2.05) is 30.3 Å². The molecule has 0 saturated carbocycles. The molecular weight excluding hydrogens is 306 g/mol. The Morgan fingerprint density at radius 1 is 1.14 bits per heavy atom. The topological polar surface area (TPSA) is 58.7 Å². The highest BCUT2D eigenvalue weighted by atomic mass is 35.5. The van der Waals surface area contributed by atoms with Gasteiger partial charge in [0.1, 0.15) is 5.02 Å². The first-order valence-corrected chi connectivity index (χ1v) is 7.43. The van der Waals surface area contributed by atoms with Crippen LogP contribution in [0.3, 0.4) is 0 Å². The Balaban J connectivity index is 1.70. The summed E-state index contributed by atoms with van der Waals surface area (Å²) < 4.78 is 5.87. The van der Waals surface area contributed by atoms with Crippen LogP contribution in [0.4, 0.5) is 10.5 Å². The van der Waals surface area contributed by atoms with E-state index >= 15 is 0 Å². The van der Waals surface area contributed by atoms with Crippen LogP contribution in [0.5, 0.6) is 0 Å². The van der Waals surface area contributed by atoms with Gasteiger partial charge in [-0.3, -0.25) is 4.79 Å². The second-order valence-corrected chi connectivity index (χ2v) is 5.53. The SMILES string of the molecule is Cc1on(C(=O)N2CCN(c3ccccc3)CC2)c(=O)c1Cl. The maximum absolute atomic E-state index is 12.3. The Morgan fingerprint density at radius 2 is 1.77 bits per heavy atom. The molecule has 1 aliphatic heterocycles. The van der Waals surface area contributed by atoms with Crippen molar-refractivity contribution < 1.29 is 9.32 Å². The van der Waals surface area contributed by atoms with Crippen LogP contribution in [0.25, 0.3) is 0 Å². The number of carbonyl (C=O) groups excluding carboxylic acids is 1. The molecular formula is C15H16ClN3O3. The van der Waals surface area contributed by atoms with Crippen molar-refractivity contribution in [3.05, 3.63) is 51.5 Å². The summed E-state index contributed by atoms with van der Waals surface area (Å²) in [5.41, 5.74) is 0.526. The molecule has 7 heteroatoms. The Kier molecular flexibility index (Phi) is 3.94. The zero-order chi connectivity index (χ0) is 15.7. The number of anilines is 1. The summed E-state index contributed by atoms with van der Waals surface area (Å²) in [6, 6.07) is 9.56. The molecule has 116 valence electrons. The van der Waals surface area contributed by atoms with E-state index in [0.717, 1.165) is 10.4 Å². The average Bonchev–Trinajstić information content (AvgIpc) is 2.83. The minimum atomic E-state index is -0.602. The molecule has 1 saturated heterocycles. The molecule has 1 fully saturated rings. The number of rotatable bonds is 1. The number of hydrogen-bond acceptors (Lipinski definition) is 4. The number of aromatic nitrogens is 1. The molecule has 0 radical (unpaired) electrons. The zero-order valence-electron chi connectivity index (χ0n) is 12.2. The molecule has 2 aromatic rings. The smallest absolute Gasteiger partial charge is 0.361 e. The largest absolute Gasteiger partial charge is 0.370 e. The van der Waals surface area contributed by atoms with Crippen molar-refractivity contribution in [2.75, 3.05) is 31.1 Å². The van der Waals surface area contributed by atoms with Gasteiger partial charge in [-0.1, -0.05) is 34.5 Å². The molecule has 1 aromatic heterocycles. The lowest BCUT2D eigenvalue weighted by Gasteiger charge is -2.35. The van der Waals surface area contributed by atoms with Gasteiger partial charge in [-0.2, -0.15) is 0 Å². The predicted molar refractivity (Wildman–Crippen MR) is 83.7 cm³/mol. The third kappa shape index (κ3) is 2.62. The molecule has 1 aliphatic rings. The van der Waals surface area contributed by atoms with E-state index in [9.17, 15) is 9.59 Å². The van der Waals surface area contributed by atoms with Gasteiger partial charge in [-0.05, 0) is 19.1 Å². The number of para-hydroxylation sites is 1. The number of halogens is 1. The summed E-state index contributed by atoms with van der Waals surface area (Å²) in [5.74, 6) is 0.253. The lowest BCUT2D eigenvalue weighted by atomic mass is 10.2. The predicted octanol–water partition coefficient (Wildman–Crippen LogP) is 2.19. The van der Waals surface area contributed by atoms with Gasteiger partial charge in [-0.15, -0.1) is 0 Å². The summed E-state index contributed by atoms with van der Waals surface area (Å²) in [6.45, 7) is 4.02. The van der Waals surface area contributed by atoms with Gasteiger partial charge in [0, 0.05) is 31.9 Å². The number of carbonyl (C=O) groups is 1. The van der Waals surface area contributed by atoms with E-state index in [-0.39, 0.29) is 10.8 Å². The molecule has 0 unspecified atom stereocenters. The van der Waals surface area contributed by atoms with Crippen molar-refractivity contribution in [3.63, 3.8) is 0 Å². The summed E-state index contributed by atoms with van der Waals surface area (Å²) >= 11 is 5.78. The van der Waals surface area contributed by atoms with Crippen LogP contribution in [0, 0.1) is 6.92 Å². The first-order valence-electron chi connectivity index (χ1n) is 7.05. The normalized spacial score (nSPS) is 15.2. The molecule has 0 bridgehead atoms. The van der Waals surface area contributed by atoms with Gasteiger partial charge in [0.15, 0.2) is 5.76 Å². The summed E-state index contributed by atoms with van der Waals surface area (Å²) in [5, 5.41) is -0.0451.